The molecule has 18 heavy (non-hydrogen) atoms. The molecule has 1 aliphatic heterocycles. The summed E-state index contributed by atoms with van der Waals surface area (Å²) in [5.41, 5.74) is 5.94. The molecular formula is C11H17N3O3S. The number of nitrogens with two attached hydrogens (primary N) is 1. The van der Waals surface area contributed by atoms with Gasteiger partial charge in [-0.25, -0.2) is 0 Å². The minimum absolute atomic E-state index is 0.0552. The molecule has 0 bridgehead atoms. The molecule has 2 rings (SSSR count). The summed E-state index contributed by atoms with van der Waals surface area (Å²) >= 11 is 1.09. The molecule has 1 aliphatic rings. The summed E-state index contributed by atoms with van der Waals surface area (Å²) in [5.74, 6) is -0.0552. The largest absolute Gasteiger partial charge is 0.381 e. The van der Waals surface area contributed by atoms with Crippen LogP contribution in [-0.2, 0) is 16.1 Å². The van der Waals surface area contributed by atoms with Gasteiger partial charge in [-0.05, 0) is 12.8 Å². The molecule has 1 aromatic rings. The standard InChI is InChI=1S/C11H17N3O3S/c12-7-11(1-3-17-4-2-11)9(15)13-5-8-6-18-10(16)14-8/h6H,1-5,7,12H2,(H,13,15)(H,14,16). The van der Waals surface area contributed by atoms with Crippen LogP contribution in [0.4, 0.5) is 0 Å². The summed E-state index contributed by atoms with van der Waals surface area (Å²) < 4.78 is 5.26. The number of hydrogen-bond donors (Lipinski definition) is 3. The first-order valence-corrected chi connectivity index (χ1v) is 6.77. The fraction of sp³-hybridized carbons (Fsp3) is 0.636. The summed E-state index contributed by atoms with van der Waals surface area (Å²) in [6.07, 6.45) is 1.30. The Morgan fingerprint density at radius 1 is 1.56 bits per heavy atom. The number of ether oxygens (including phenoxy) is 1. The highest BCUT2D eigenvalue weighted by Crippen LogP contribution is 2.29. The van der Waals surface area contributed by atoms with E-state index in [-0.39, 0.29) is 10.8 Å². The monoisotopic (exact) mass is 271 g/mol. The van der Waals surface area contributed by atoms with E-state index in [4.69, 9.17) is 10.5 Å². The van der Waals surface area contributed by atoms with Gasteiger partial charge in [0, 0.05) is 30.8 Å². The lowest BCUT2D eigenvalue weighted by atomic mass is 9.79. The van der Waals surface area contributed by atoms with Crippen molar-refractivity contribution in [3.05, 3.63) is 20.7 Å². The number of aromatic nitrogens is 1. The first kappa shape index (κ1) is 13.3. The number of carbonyl (C=O) groups is 1. The van der Waals surface area contributed by atoms with E-state index < -0.39 is 5.41 Å². The predicted molar refractivity (Wildman–Crippen MR) is 68.3 cm³/mol. The molecule has 0 spiro atoms. The molecule has 0 unspecified atom stereocenters. The summed E-state index contributed by atoms with van der Waals surface area (Å²) in [7, 11) is 0. The van der Waals surface area contributed by atoms with Gasteiger partial charge in [-0.3, -0.25) is 9.59 Å². The van der Waals surface area contributed by atoms with Gasteiger partial charge in [0.1, 0.15) is 0 Å². The Hall–Kier alpha value is -1.18. The molecule has 1 amide bonds. The van der Waals surface area contributed by atoms with E-state index in [2.05, 4.69) is 10.3 Å². The van der Waals surface area contributed by atoms with E-state index in [0.29, 0.717) is 39.1 Å². The van der Waals surface area contributed by atoms with Gasteiger partial charge >= 0.3 is 4.87 Å². The second-order valence-corrected chi connectivity index (χ2v) is 5.30. The van der Waals surface area contributed by atoms with Crippen molar-refractivity contribution in [1.82, 2.24) is 10.3 Å². The fourth-order valence-electron chi connectivity index (χ4n) is 2.05. The third-order valence-electron chi connectivity index (χ3n) is 3.33. The predicted octanol–water partition coefficient (Wildman–Crippen LogP) is -0.192. The molecule has 2 heterocycles. The van der Waals surface area contributed by atoms with Crippen molar-refractivity contribution in [1.29, 1.82) is 0 Å². The molecule has 4 N–H and O–H groups in total. The zero-order chi connectivity index (χ0) is 13.0. The average Bonchev–Trinajstić information content (AvgIpc) is 2.82. The smallest absolute Gasteiger partial charge is 0.304 e. The summed E-state index contributed by atoms with van der Waals surface area (Å²) in [6, 6.07) is 0. The maximum Gasteiger partial charge on any atom is 0.304 e. The zero-order valence-electron chi connectivity index (χ0n) is 10.0. The number of carbonyl (C=O) groups excluding carboxylic acids is 1. The van der Waals surface area contributed by atoms with Crippen LogP contribution in [0.5, 0.6) is 0 Å². The number of H-pyrrole nitrogens is 1. The Kier molecular flexibility index (Phi) is 4.15. The van der Waals surface area contributed by atoms with Crippen molar-refractivity contribution < 1.29 is 9.53 Å². The third kappa shape index (κ3) is 2.80. The highest BCUT2D eigenvalue weighted by atomic mass is 32.1. The second-order valence-electron chi connectivity index (χ2n) is 4.45. The van der Waals surface area contributed by atoms with Gasteiger partial charge in [-0.1, -0.05) is 11.3 Å². The van der Waals surface area contributed by atoms with Gasteiger partial charge in [0.2, 0.25) is 5.91 Å². The highest BCUT2D eigenvalue weighted by Gasteiger charge is 2.38. The molecule has 0 saturated carbocycles. The number of aromatic amines is 1. The Morgan fingerprint density at radius 2 is 2.28 bits per heavy atom. The van der Waals surface area contributed by atoms with Gasteiger partial charge < -0.3 is 20.8 Å². The Morgan fingerprint density at radius 3 is 2.83 bits per heavy atom. The van der Waals surface area contributed by atoms with Gasteiger partial charge in [-0.2, -0.15) is 0 Å². The SMILES string of the molecule is NCC1(C(=O)NCc2csc(=O)[nH]2)CCOCC1. The third-order valence-corrected chi connectivity index (χ3v) is 4.05. The molecule has 1 aromatic heterocycles. The average molecular weight is 271 g/mol. The lowest BCUT2D eigenvalue weighted by Crippen LogP contribution is -2.49. The first-order valence-electron chi connectivity index (χ1n) is 5.89. The van der Waals surface area contributed by atoms with Crippen LogP contribution < -0.4 is 15.9 Å². The number of nitrogens with one attached hydrogen (secondary N) is 2. The normalized spacial score (nSPS) is 18.5. The van der Waals surface area contributed by atoms with Crippen molar-refractivity contribution in [2.75, 3.05) is 19.8 Å². The molecule has 1 fully saturated rings. The van der Waals surface area contributed by atoms with Crippen molar-refractivity contribution >= 4 is 17.2 Å². The molecule has 100 valence electrons. The lowest BCUT2D eigenvalue weighted by Gasteiger charge is -2.34. The van der Waals surface area contributed by atoms with Crippen LogP contribution >= 0.6 is 11.3 Å². The van der Waals surface area contributed by atoms with E-state index >= 15 is 0 Å². The summed E-state index contributed by atoms with van der Waals surface area (Å²) in [4.78, 5) is 25.7. The van der Waals surface area contributed by atoms with Crippen LogP contribution in [0.2, 0.25) is 0 Å². The molecule has 1 saturated heterocycles. The van der Waals surface area contributed by atoms with Crippen LogP contribution in [0.15, 0.2) is 10.2 Å². The maximum atomic E-state index is 12.2. The summed E-state index contributed by atoms with van der Waals surface area (Å²) in [6.45, 7) is 1.79. The van der Waals surface area contributed by atoms with Crippen LogP contribution in [0.25, 0.3) is 0 Å². The van der Waals surface area contributed by atoms with Gasteiger partial charge in [0.05, 0.1) is 12.0 Å². The topological polar surface area (TPSA) is 97.2 Å². The van der Waals surface area contributed by atoms with Crippen molar-refractivity contribution in [3.63, 3.8) is 0 Å². The molecule has 6 nitrogen and oxygen atoms in total. The van der Waals surface area contributed by atoms with Gasteiger partial charge in [-0.15, -0.1) is 0 Å². The van der Waals surface area contributed by atoms with Crippen molar-refractivity contribution in [2.45, 2.75) is 19.4 Å². The minimum atomic E-state index is -0.519. The van der Waals surface area contributed by atoms with E-state index in [1.165, 1.54) is 0 Å². The Bertz CT molecular complexity index is 462. The summed E-state index contributed by atoms with van der Waals surface area (Å²) in [5, 5.41) is 4.55. The quantitative estimate of drug-likeness (QED) is 0.707. The minimum Gasteiger partial charge on any atom is -0.381 e. The molecule has 0 aromatic carbocycles. The fourth-order valence-corrected chi connectivity index (χ4v) is 2.63. The molecular weight excluding hydrogens is 254 g/mol. The number of rotatable bonds is 4. The van der Waals surface area contributed by atoms with Crippen molar-refractivity contribution in [3.8, 4) is 0 Å². The van der Waals surface area contributed by atoms with Gasteiger partial charge in [0.15, 0.2) is 0 Å². The molecule has 7 heteroatoms. The van der Waals surface area contributed by atoms with E-state index in [1.54, 1.807) is 5.38 Å². The highest BCUT2D eigenvalue weighted by molar-refractivity contribution is 7.07. The Labute approximate surface area is 109 Å². The van der Waals surface area contributed by atoms with Gasteiger partial charge in [0.25, 0.3) is 0 Å². The van der Waals surface area contributed by atoms with Crippen LogP contribution in [0, 0.1) is 5.41 Å². The van der Waals surface area contributed by atoms with Crippen molar-refractivity contribution in [2.24, 2.45) is 11.1 Å². The lowest BCUT2D eigenvalue weighted by molar-refractivity contribution is -0.136. The van der Waals surface area contributed by atoms with E-state index in [1.807, 2.05) is 0 Å². The first-order chi connectivity index (χ1) is 8.66. The Balaban J connectivity index is 1.95. The molecule has 0 radical (unpaired) electrons. The van der Waals surface area contributed by atoms with Crippen LogP contribution in [0.1, 0.15) is 18.5 Å². The number of amides is 1. The maximum absolute atomic E-state index is 12.2. The van der Waals surface area contributed by atoms with Crippen LogP contribution in [-0.4, -0.2) is 30.6 Å². The molecule has 0 aliphatic carbocycles. The zero-order valence-corrected chi connectivity index (χ0v) is 10.8. The van der Waals surface area contributed by atoms with E-state index in [9.17, 15) is 9.59 Å². The van der Waals surface area contributed by atoms with E-state index in [0.717, 1.165) is 17.0 Å². The van der Waals surface area contributed by atoms with Crippen LogP contribution in [0.3, 0.4) is 0 Å². The number of hydrogen-bond acceptors (Lipinski definition) is 5. The second kappa shape index (κ2) is 5.64. The molecule has 0 atom stereocenters. The number of thiazole rings is 1.